The standard InChI is InChI=1S/C19H15N3O4S2/c23-17-12-8-7-11(10-13(12)18(24)21-17)28(25,26)22-9-3-5-15(22)19-20-14-4-1-2-6-16(14)27-19/h1-2,4,6-8,10,15H,3,5,9H2,(H,21,23,24). The Labute approximate surface area is 165 Å². The molecule has 28 heavy (non-hydrogen) atoms. The van der Waals surface area contributed by atoms with Crippen molar-refractivity contribution in [2.24, 2.45) is 0 Å². The van der Waals surface area contributed by atoms with Crippen LogP contribution in [0.1, 0.15) is 44.6 Å². The summed E-state index contributed by atoms with van der Waals surface area (Å²) in [6, 6.07) is 11.5. The van der Waals surface area contributed by atoms with Crippen LogP contribution in [0.15, 0.2) is 47.4 Å². The minimum absolute atomic E-state index is 0.0177. The van der Waals surface area contributed by atoms with E-state index in [4.69, 9.17) is 0 Å². The lowest BCUT2D eigenvalue weighted by Gasteiger charge is -2.22. The Kier molecular flexibility index (Phi) is 3.87. The summed E-state index contributed by atoms with van der Waals surface area (Å²) in [6.07, 6.45) is 1.44. The average Bonchev–Trinajstić information content (AvgIpc) is 3.39. The number of aromatic nitrogens is 1. The molecular weight excluding hydrogens is 398 g/mol. The molecule has 2 amide bonds. The van der Waals surface area contributed by atoms with Crippen molar-refractivity contribution in [3.63, 3.8) is 0 Å². The number of hydrogen-bond acceptors (Lipinski definition) is 6. The van der Waals surface area contributed by atoms with Crippen LogP contribution in [-0.2, 0) is 10.0 Å². The fraction of sp³-hybridized carbons (Fsp3) is 0.211. The van der Waals surface area contributed by atoms with Crippen LogP contribution in [0.3, 0.4) is 0 Å². The van der Waals surface area contributed by atoms with E-state index < -0.39 is 21.8 Å². The molecule has 3 heterocycles. The largest absolute Gasteiger partial charge is 0.288 e. The Bertz CT molecular complexity index is 1220. The molecule has 1 atom stereocenters. The zero-order chi connectivity index (χ0) is 19.5. The van der Waals surface area contributed by atoms with E-state index in [0.29, 0.717) is 13.0 Å². The van der Waals surface area contributed by atoms with E-state index in [1.165, 1.54) is 33.8 Å². The summed E-state index contributed by atoms with van der Waals surface area (Å²) < 4.78 is 29.1. The summed E-state index contributed by atoms with van der Waals surface area (Å²) in [5.41, 5.74) is 1.16. The minimum atomic E-state index is -3.83. The number of amides is 2. The molecule has 0 aliphatic carbocycles. The highest BCUT2D eigenvalue weighted by molar-refractivity contribution is 7.89. The second-order valence-corrected chi connectivity index (χ2v) is 9.74. The Morgan fingerprint density at radius 1 is 1.07 bits per heavy atom. The van der Waals surface area contributed by atoms with Crippen LogP contribution in [0.2, 0.25) is 0 Å². The van der Waals surface area contributed by atoms with Gasteiger partial charge in [-0.25, -0.2) is 13.4 Å². The van der Waals surface area contributed by atoms with Crippen molar-refractivity contribution >= 4 is 43.4 Å². The number of sulfonamides is 1. The highest BCUT2D eigenvalue weighted by Crippen LogP contribution is 2.40. The fourth-order valence-corrected chi connectivity index (χ4v) is 6.62. The zero-order valence-corrected chi connectivity index (χ0v) is 16.2. The maximum Gasteiger partial charge on any atom is 0.258 e. The number of fused-ring (bicyclic) bond motifs is 2. The molecule has 1 saturated heterocycles. The van der Waals surface area contributed by atoms with Gasteiger partial charge < -0.3 is 0 Å². The van der Waals surface area contributed by atoms with Gasteiger partial charge in [-0.3, -0.25) is 14.9 Å². The van der Waals surface area contributed by atoms with Gasteiger partial charge in [-0.05, 0) is 43.2 Å². The maximum atomic E-state index is 13.3. The van der Waals surface area contributed by atoms with Gasteiger partial charge in [0.2, 0.25) is 10.0 Å². The molecule has 5 rings (SSSR count). The Morgan fingerprint density at radius 2 is 1.86 bits per heavy atom. The van der Waals surface area contributed by atoms with Gasteiger partial charge in [0, 0.05) is 6.54 Å². The first-order chi connectivity index (χ1) is 13.4. The van der Waals surface area contributed by atoms with Crippen molar-refractivity contribution in [2.45, 2.75) is 23.8 Å². The monoisotopic (exact) mass is 413 g/mol. The molecule has 142 valence electrons. The Balaban J connectivity index is 1.54. The molecule has 2 aliphatic heterocycles. The third kappa shape index (κ3) is 2.58. The number of thiazole rings is 1. The SMILES string of the molecule is O=C1NC(=O)c2cc(S(=O)(=O)N3CCCC3c3nc4ccccc4s3)ccc21. The Hall–Kier alpha value is -2.62. The van der Waals surface area contributed by atoms with Gasteiger partial charge in [0.15, 0.2) is 0 Å². The number of hydrogen-bond donors (Lipinski definition) is 1. The minimum Gasteiger partial charge on any atom is -0.288 e. The van der Waals surface area contributed by atoms with Gasteiger partial charge in [0.1, 0.15) is 5.01 Å². The van der Waals surface area contributed by atoms with Crippen molar-refractivity contribution in [3.8, 4) is 0 Å². The van der Waals surface area contributed by atoms with Crippen molar-refractivity contribution in [3.05, 3.63) is 58.6 Å². The summed E-state index contributed by atoms with van der Waals surface area (Å²) >= 11 is 1.50. The van der Waals surface area contributed by atoms with Crippen LogP contribution in [0, 0.1) is 0 Å². The molecule has 0 spiro atoms. The van der Waals surface area contributed by atoms with Gasteiger partial charge in [-0.15, -0.1) is 11.3 Å². The predicted molar refractivity (Wildman–Crippen MR) is 104 cm³/mol. The number of rotatable bonds is 3. The number of imide groups is 1. The third-order valence-corrected chi connectivity index (χ3v) is 8.15. The van der Waals surface area contributed by atoms with E-state index in [-0.39, 0.29) is 22.1 Å². The van der Waals surface area contributed by atoms with Crippen molar-refractivity contribution in [1.29, 1.82) is 0 Å². The number of para-hydroxylation sites is 1. The van der Waals surface area contributed by atoms with Crippen LogP contribution in [0.4, 0.5) is 0 Å². The van der Waals surface area contributed by atoms with E-state index >= 15 is 0 Å². The molecule has 1 fully saturated rings. The first-order valence-corrected chi connectivity index (χ1v) is 11.1. The average molecular weight is 413 g/mol. The first kappa shape index (κ1) is 17.5. The molecule has 7 nitrogen and oxygen atoms in total. The van der Waals surface area contributed by atoms with Gasteiger partial charge >= 0.3 is 0 Å². The van der Waals surface area contributed by atoms with Crippen LogP contribution in [0.25, 0.3) is 10.2 Å². The van der Waals surface area contributed by atoms with Gasteiger partial charge in [-0.1, -0.05) is 12.1 Å². The number of carbonyl (C=O) groups is 2. The molecule has 9 heteroatoms. The summed E-state index contributed by atoms with van der Waals surface area (Å²) in [5, 5.41) is 2.96. The molecule has 1 unspecified atom stereocenters. The maximum absolute atomic E-state index is 13.3. The molecule has 1 N–H and O–H groups in total. The molecule has 0 saturated carbocycles. The van der Waals surface area contributed by atoms with E-state index in [2.05, 4.69) is 10.3 Å². The molecule has 1 aromatic heterocycles. The molecule has 0 radical (unpaired) electrons. The molecule has 2 aliphatic rings. The number of nitrogens with one attached hydrogen (secondary N) is 1. The third-order valence-electron chi connectivity index (χ3n) is 5.11. The highest BCUT2D eigenvalue weighted by atomic mass is 32.2. The second kappa shape index (κ2) is 6.20. The number of carbonyl (C=O) groups excluding carboxylic acids is 2. The summed E-state index contributed by atoms with van der Waals surface area (Å²) in [5.74, 6) is -1.07. The smallest absolute Gasteiger partial charge is 0.258 e. The lowest BCUT2D eigenvalue weighted by Crippen LogP contribution is -2.30. The van der Waals surface area contributed by atoms with E-state index in [9.17, 15) is 18.0 Å². The van der Waals surface area contributed by atoms with E-state index in [0.717, 1.165) is 21.6 Å². The second-order valence-electron chi connectivity index (χ2n) is 6.78. The summed E-state index contributed by atoms with van der Waals surface area (Å²) in [6.45, 7) is 0.394. The van der Waals surface area contributed by atoms with E-state index in [1.807, 2.05) is 24.3 Å². The number of benzene rings is 2. The lowest BCUT2D eigenvalue weighted by molar-refractivity contribution is 0.0879. The Morgan fingerprint density at radius 3 is 2.68 bits per heavy atom. The van der Waals surface area contributed by atoms with Gasteiger partial charge in [0.25, 0.3) is 11.8 Å². The highest BCUT2D eigenvalue weighted by Gasteiger charge is 2.39. The fourth-order valence-electron chi connectivity index (χ4n) is 3.75. The molecule has 2 aromatic carbocycles. The van der Waals surface area contributed by atoms with Crippen LogP contribution in [-0.4, -0.2) is 36.1 Å². The van der Waals surface area contributed by atoms with Crippen LogP contribution < -0.4 is 5.32 Å². The molecule has 3 aromatic rings. The number of nitrogens with zero attached hydrogens (tertiary/aromatic N) is 2. The topological polar surface area (TPSA) is 96.4 Å². The van der Waals surface area contributed by atoms with Gasteiger partial charge in [0.05, 0.1) is 32.3 Å². The first-order valence-electron chi connectivity index (χ1n) is 8.82. The summed E-state index contributed by atoms with van der Waals surface area (Å²) in [4.78, 5) is 28.3. The van der Waals surface area contributed by atoms with E-state index in [1.54, 1.807) is 0 Å². The lowest BCUT2D eigenvalue weighted by atomic mass is 10.1. The van der Waals surface area contributed by atoms with Crippen molar-refractivity contribution in [2.75, 3.05) is 6.54 Å². The quantitative estimate of drug-likeness (QED) is 0.666. The summed E-state index contributed by atoms with van der Waals surface area (Å²) in [7, 11) is -3.83. The van der Waals surface area contributed by atoms with Gasteiger partial charge in [-0.2, -0.15) is 4.31 Å². The zero-order valence-electron chi connectivity index (χ0n) is 14.6. The van der Waals surface area contributed by atoms with Crippen LogP contribution >= 0.6 is 11.3 Å². The molecular formula is C19H15N3O4S2. The normalized spacial score (nSPS) is 19.9. The predicted octanol–water partition coefficient (Wildman–Crippen LogP) is 2.71. The van der Waals surface area contributed by atoms with Crippen molar-refractivity contribution < 1.29 is 18.0 Å². The van der Waals surface area contributed by atoms with Crippen molar-refractivity contribution in [1.82, 2.24) is 14.6 Å². The van der Waals surface area contributed by atoms with Crippen LogP contribution in [0.5, 0.6) is 0 Å². The molecule has 0 bridgehead atoms.